The predicted octanol–water partition coefficient (Wildman–Crippen LogP) is 3.77. The Labute approximate surface area is 98.9 Å². The van der Waals surface area contributed by atoms with Crippen molar-refractivity contribution >= 4 is 17.6 Å². The van der Waals surface area contributed by atoms with Crippen molar-refractivity contribution in [1.29, 1.82) is 0 Å². The van der Waals surface area contributed by atoms with Crippen LogP contribution >= 0.6 is 11.6 Å². The number of benzene rings is 1. The molecule has 18 heavy (non-hydrogen) atoms. The van der Waals surface area contributed by atoms with Gasteiger partial charge < -0.3 is 4.74 Å². The summed E-state index contributed by atoms with van der Waals surface area (Å²) in [6.07, 6.45) is -5.54. The van der Waals surface area contributed by atoms with Gasteiger partial charge in [-0.2, -0.15) is 4.39 Å². The van der Waals surface area contributed by atoms with Crippen molar-refractivity contribution in [2.45, 2.75) is 6.36 Å². The largest absolute Gasteiger partial charge is 0.573 e. The highest BCUT2D eigenvalue weighted by Gasteiger charge is 2.38. The minimum Gasteiger partial charge on any atom is -0.399 e. The molecule has 0 saturated heterocycles. The van der Waals surface area contributed by atoms with E-state index in [1.165, 1.54) is 0 Å². The Balaban J connectivity index is 3.57. The number of rotatable bonds is 2. The Hall–Kier alpha value is -1.51. The maximum atomic E-state index is 13.1. The van der Waals surface area contributed by atoms with Crippen molar-refractivity contribution < 1.29 is 40.3 Å². The van der Waals surface area contributed by atoms with E-state index in [1.54, 1.807) is 0 Å². The van der Waals surface area contributed by atoms with E-state index in [2.05, 4.69) is 4.74 Å². The van der Waals surface area contributed by atoms with Crippen molar-refractivity contribution in [2.75, 3.05) is 0 Å². The van der Waals surface area contributed by atoms with Crippen LogP contribution < -0.4 is 4.74 Å². The quantitative estimate of drug-likeness (QED) is 0.359. The number of hydrogen-bond donors (Lipinski definition) is 0. The van der Waals surface area contributed by atoms with Gasteiger partial charge in [-0.3, -0.25) is 4.79 Å². The number of ether oxygens (including phenoxy) is 1. The van der Waals surface area contributed by atoms with Gasteiger partial charge in [0.1, 0.15) is 10.6 Å². The first kappa shape index (κ1) is 14.6. The smallest absolute Gasteiger partial charge is 0.399 e. The highest BCUT2D eigenvalue weighted by atomic mass is 35.5. The summed E-state index contributed by atoms with van der Waals surface area (Å²) in [5.41, 5.74) is -2.07. The molecule has 0 unspecified atom stereocenters. The van der Waals surface area contributed by atoms with Gasteiger partial charge in [0.05, 0.1) is 0 Å². The Morgan fingerprint density at radius 2 is 1.56 bits per heavy atom. The van der Waals surface area contributed by atoms with Gasteiger partial charge in [0.2, 0.25) is 5.75 Å². The van der Waals surface area contributed by atoms with Gasteiger partial charge in [-0.25, -0.2) is 13.2 Å². The molecule has 0 N–H and O–H groups in total. The molecule has 0 heterocycles. The Morgan fingerprint density at radius 3 is 1.94 bits per heavy atom. The lowest BCUT2D eigenvalue weighted by Gasteiger charge is -2.13. The number of alkyl halides is 3. The fourth-order valence-corrected chi connectivity index (χ4v) is 1.17. The predicted molar refractivity (Wildman–Crippen MR) is 43.4 cm³/mol. The minimum absolute atomic E-state index is 1.70. The van der Waals surface area contributed by atoms with Crippen LogP contribution in [-0.2, 0) is 0 Å². The second kappa shape index (κ2) is 4.63. The van der Waals surface area contributed by atoms with Crippen molar-refractivity contribution in [1.82, 2.24) is 0 Å². The van der Waals surface area contributed by atoms with Crippen molar-refractivity contribution in [2.24, 2.45) is 0 Å². The molecule has 0 radical (unpaired) electrons. The monoisotopic (exact) mass is 296 g/mol. The summed E-state index contributed by atoms with van der Waals surface area (Å²) in [6.45, 7) is 0. The molecule has 0 aliphatic rings. The summed E-state index contributed by atoms with van der Waals surface area (Å²) in [5, 5.41) is -1.70. The lowest BCUT2D eigenvalue weighted by atomic mass is 10.2. The molecule has 0 atom stereocenters. The van der Waals surface area contributed by atoms with E-state index in [4.69, 9.17) is 11.6 Å². The van der Waals surface area contributed by atoms with Crippen LogP contribution in [0.1, 0.15) is 10.4 Å². The first-order valence-corrected chi connectivity index (χ1v) is 4.25. The molecule has 0 bridgehead atoms. The maximum Gasteiger partial charge on any atom is 0.573 e. The van der Waals surface area contributed by atoms with Crippen LogP contribution in [0.5, 0.6) is 5.75 Å². The van der Waals surface area contributed by atoms with Crippen LogP contribution in [0.15, 0.2) is 0 Å². The van der Waals surface area contributed by atoms with E-state index in [0.717, 1.165) is 0 Å². The molecule has 0 saturated carbocycles. The van der Waals surface area contributed by atoms with Crippen molar-refractivity contribution in [3.8, 4) is 5.75 Å². The molecule has 0 aliphatic heterocycles. The van der Waals surface area contributed by atoms with Crippen LogP contribution in [0.3, 0.4) is 0 Å². The van der Waals surface area contributed by atoms with Crippen LogP contribution in [0.4, 0.5) is 30.7 Å². The summed E-state index contributed by atoms with van der Waals surface area (Å²) >= 11 is 4.85. The fourth-order valence-electron chi connectivity index (χ4n) is 0.990. The molecular weight excluding hydrogens is 297 g/mol. The SMILES string of the molecule is O=C(F)c1c(F)c(Cl)c(F)c(OC(F)(F)F)c1F. The highest BCUT2D eigenvalue weighted by molar-refractivity contribution is 6.31. The molecule has 1 aromatic rings. The average molecular weight is 297 g/mol. The Morgan fingerprint density at radius 1 is 1.06 bits per heavy atom. The van der Waals surface area contributed by atoms with Gasteiger partial charge in [-0.1, -0.05) is 11.6 Å². The molecule has 0 spiro atoms. The van der Waals surface area contributed by atoms with Gasteiger partial charge in [-0.05, 0) is 0 Å². The van der Waals surface area contributed by atoms with E-state index in [1.807, 2.05) is 0 Å². The number of halogens is 8. The van der Waals surface area contributed by atoms with E-state index >= 15 is 0 Å². The summed E-state index contributed by atoms with van der Waals surface area (Å²) in [5.74, 6) is -9.09. The second-order valence-corrected chi connectivity index (χ2v) is 3.16. The van der Waals surface area contributed by atoms with Crippen LogP contribution in [0.25, 0.3) is 0 Å². The zero-order chi connectivity index (χ0) is 14.2. The normalized spacial score (nSPS) is 11.6. The third kappa shape index (κ3) is 2.66. The second-order valence-electron chi connectivity index (χ2n) is 2.78. The molecule has 1 aromatic carbocycles. The van der Waals surface area contributed by atoms with E-state index < -0.39 is 46.2 Å². The van der Waals surface area contributed by atoms with Crippen LogP contribution in [-0.4, -0.2) is 12.4 Å². The fraction of sp³-hybridized carbons (Fsp3) is 0.125. The average Bonchev–Trinajstić information content (AvgIpc) is 2.20. The molecule has 1 rings (SSSR count). The first-order valence-electron chi connectivity index (χ1n) is 3.87. The zero-order valence-corrected chi connectivity index (χ0v) is 8.60. The molecule has 2 nitrogen and oxygen atoms in total. The highest BCUT2D eigenvalue weighted by Crippen LogP contribution is 2.37. The Bertz CT molecular complexity index is 511. The third-order valence-corrected chi connectivity index (χ3v) is 1.97. The van der Waals surface area contributed by atoms with E-state index in [-0.39, 0.29) is 0 Å². The van der Waals surface area contributed by atoms with Gasteiger partial charge in [0.25, 0.3) is 0 Å². The molecule has 0 aliphatic carbocycles. The molecule has 0 amide bonds. The number of carbonyl (C=O) groups excluding carboxylic acids is 1. The van der Waals surface area contributed by atoms with E-state index in [0.29, 0.717) is 0 Å². The minimum atomic E-state index is -5.54. The summed E-state index contributed by atoms with van der Waals surface area (Å²) in [6, 6.07) is -2.76. The number of carbonyl (C=O) groups is 1. The van der Waals surface area contributed by atoms with Gasteiger partial charge >= 0.3 is 12.4 Å². The third-order valence-electron chi connectivity index (χ3n) is 1.64. The standard InChI is InChI=1S/C8ClF7O2/c9-2-3(10)1(7(13)17)4(11)6(5(2)12)18-8(14,15)16. The molecule has 100 valence electrons. The van der Waals surface area contributed by atoms with Crippen LogP contribution in [0, 0.1) is 17.5 Å². The first-order chi connectivity index (χ1) is 8.06. The van der Waals surface area contributed by atoms with Crippen LogP contribution in [0.2, 0.25) is 5.02 Å². The lowest BCUT2D eigenvalue weighted by molar-refractivity contribution is -0.276. The topological polar surface area (TPSA) is 26.3 Å². The van der Waals surface area contributed by atoms with Gasteiger partial charge in [0, 0.05) is 0 Å². The van der Waals surface area contributed by atoms with Gasteiger partial charge in [0.15, 0.2) is 17.5 Å². The molecule has 10 heteroatoms. The van der Waals surface area contributed by atoms with Gasteiger partial charge in [-0.15, -0.1) is 13.2 Å². The van der Waals surface area contributed by atoms with E-state index in [9.17, 15) is 35.5 Å². The summed E-state index contributed by atoms with van der Waals surface area (Å²) < 4.78 is 89.6. The molecule has 0 fully saturated rings. The summed E-state index contributed by atoms with van der Waals surface area (Å²) in [4.78, 5) is 10.2. The summed E-state index contributed by atoms with van der Waals surface area (Å²) in [7, 11) is 0. The maximum absolute atomic E-state index is 13.1. The number of hydrogen-bond acceptors (Lipinski definition) is 2. The van der Waals surface area contributed by atoms with Crippen molar-refractivity contribution in [3.63, 3.8) is 0 Å². The Kier molecular flexibility index (Phi) is 3.75. The lowest BCUT2D eigenvalue weighted by Crippen LogP contribution is -2.20. The zero-order valence-electron chi connectivity index (χ0n) is 7.84. The molecular formula is C8ClF7O2. The van der Waals surface area contributed by atoms with Crippen molar-refractivity contribution in [3.05, 3.63) is 28.0 Å². The molecule has 0 aromatic heterocycles.